The number of hydrogen-bond acceptors (Lipinski definition) is 3. The molecular formula is C17H12F2N2OS. The molecule has 0 atom stereocenters. The van der Waals surface area contributed by atoms with E-state index in [2.05, 4.69) is 10.3 Å². The van der Waals surface area contributed by atoms with Crippen molar-refractivity contribution in [2.45, 2.75) is 6.92 Å². The van der Waals surface area contributed by atoms with E-state index in [0.717, 1.165) is 23.4 Å². The number of nitrogens with one attached hydrogen (secondary N) is 1. The normalized spacial score (nSPS) is 17.8. The Morgan fingerprint density at radius 2 is 1.96 bits per heavy atom. The van der Waals surface area contributed by atoms with Crippen molar-refractivity contribution in [2.24, 2.45) is 4.99 Å². The lowest BCUT2D eigenvalue weighted by Crippen LogP contribution is -2.19. The first-order valence-corrected chi connectivity index (χ1v) is 7.65. The minimum Gasteiger partial charge on any atom is -0.300 e. The van der Waals surface area contributed by atoms with Gasteiger partial charge in [-0.2, -0.15) is 0 Å². The van der Waals surface area contributed by atoms with E-state index in [-0.39, 0.29) is 16.4 Å². The van der Waals surface area contributed by atoms with Crippen LogP contribution >= 0.6 is 11.8 Å². The van der Waals surface area contributed by atoms with E-state index in [1.165, 1.54) is 18.2 Å². The van der Waals surface area contributed by atoms with Crippen LogP contribution in [0, 0.1) is 18.6 Å². The van der Waals surface area contributed by atoms with Crippen LogP contribution in [0.4, 0.5) is 14.5 Å². The second-order valence-electron chi connectivity index (χ2n) is 4.96. The molecule has 1 fully saturated rings. The van der Waals surface area contributed by atoms with Gasteiger partial charge in [-0.25, -0.2) is 13.8 Å². The standard InChI is InChI=1S/C17H12F2N2OS/c1-10-4-2-6-12(8-10)20-17-21-16(22)14(23-17)9-11-5-3-7-13(18)15(11)19/h2-9H,1H3,(H,20,21,22). The molecule has 1 N–H and O–H groups in total. The van der Waals surface area contributed by atoms with Gasteiger partial charge in [0.05, 0.1) is 10.6 Å². The number of halogens is 2. The first-order valence-electron chi connectivity index (χ1n) is 6.83. The van der Waals surface area contributed by atoms with Crippen LogP contribution in [0.1, 0.15) is 11.1 Å². The van der Waals surface area contributed by atoms with Gasteiger partial charge in [0.2, 0.25) is 0 Å². The number of amidine groups is 1. The molecule has 1 aliphatic heterocycles. The molecule has 0 aromatic heterocycles. The SMILES string of the molecule is Cc1cccc(N=C2NC(=O)C(=Cc3cccc(F)c3F)S2)c1. The monoisotopic (exact) mass is 330 g/mol. The van der Waals surface area contributed by atoms with E-state index in [0.29, 0.717) is 10.9 Å². The first-order chi connectivity index (χ1) is 11.0. The molecule has 1 heterocycles. The molecule has 1 saturated heterocycles. The molecule has 0 saturated carbocycles. The summed E-state index contributed by atoms with van der Waals surface area (Å²) in [6.07, 6.45) is 1.32. The van der Waals surface area contributed by atoms with Gasteiger partial charge in [-0.3, -0.25) is 4.79 Å². The molecule has 0 radical (unpaired) electrons. The topological polar surface area (TPSA) is 41.5 Å². The molecule has 1 aliphatic rings. The highest BCUT2D eigenvalue weighted by atomic mass is 32.2. The van der Waals surface area contributed by atoms with Crippen molar-refractivity contribution in [3.63, 3.8) is 0 Å². The summed E-state index contributed by atoms with van der Waals surface area (Å²) in [5, 5.41) is 3.02. The number of benzene rings is 2. The molecule has 3 nitrogen and oxygen atoms in total. The van der Waals surface area contributed by atoms with Gasteiger partial charge in [0.1, 0.15) is 0 Å². The second kappa shape index (κ2) is 6.34. The van der Waals surface area contributed by atoms with E-state index in [9.17, 15) is 13.6 Å². The van der Waals surface area contributed by atoms with Gasteiger partial charge in [0.15, 0.2) is 16.8 Å². The highest BCUT2D eigenvalue weighted by molar-refractivity contribution is 8.18. The van der Waals surface area contributed by atoms with Crippen LogP contribution < -0.4 is 5.32 Å². The molecule has 116 valence electrons. The van der Waals surface area contributed by atoms with Crippen molar-refractivity contribution in [3.8, 4) is 0 Å². The number of rotatable bonds is 2. The van der Waals surface area contributed by atoms with Crippen LogP contribution in [-0.2, 0) is 4.79 Å². The summed E-state index contributed by atoms with van der Waals surface area (Å²) >= 11 is 1.09. The predicted molar refractivity (Wildman–Crippen MR) is 88.3 cm³/mol. The average molecular weight is 330 g/mol. The Morgan fingerprint density at radius 1 is 1.17 bits per heavy atom. The highest BCUT2D eigenvalue weighted by Gasteiger charge is 2.24. The number of thioether (sulfide) groups is 1. The molecule has 0 unspecified atom stereocenters. The minimum absolute atomic E-state index is 0.0273. The number of hydrogen-bond donors (Lipinski definition) is 1. The third-order valence-corrected chi connectivity index (χ3v) is 4.06. The number of carbonyl (C=O) groups is 1. The third kappa shape index (κ3) is 3.48. The molecule has 3 rings (SSSR count). The van der Waals surface area contributed by atoms with Gasteiger partial charge in [-0.1, -0.05) is 24.3 Å². The molecular weight excluding hydrogens is 318 g/mol. The van der Waals surface area contributed by atoms with Crippen molar-refractivity contribution < 1.29 is 13.6 Å². The summed E-state index contributed by atoms with van der Waals surface area (Å²) in [5.41, 5.74) is 1.80. The fourth-order valence-corrected chi connectivity index (χ4v) is 2.90. The van der Waals surface area contributed by atoms with Crippen molar-refractivity contribution >= 4 is 34.6 Å². The Labute approximate surface area is 136 Å². The lowest BCUT2D eigenvalue weighted by atomic mass is 10.2. The molecule has 0 bridgehead atoms. The summed E-state index contributed by atoms with van der Waals surface area (Å²) in [6.45, 7) is 1.95. The highest BCUT2D eigenvalue weighted by Crippen LogP contribution is 2.29. The van der Waals surface area contributed by atoms with Crippen LogP contribution in [-0.4, -0.2) is 11.1 Å². The van der Waals surface area contributed by atoms with Crippen molar-refractivity contribution in [3.05, 3.63) is 70.1 Å². The molecule has 0 spiro atoms. The number of aryl methyl sites for hydroxylation is 1. The quantitative estimate of drug-likeness (QED) is 0.840. The Balaban J connectivity index is 1.88. The lowest BCUT2D eigenvalue weighted by Gasteiger charge is -1.98. The van der Waals surface area contributed by atoms with Crippen LogP contribution in [0.2, 0.25) is 0 Å². The van der Waals surface area contributed by atoms with Crippen molar-refractivity contribution in [1.82, 2.24) is 5.32 Å². The van der Waals surface area contributed by atoms with Gasteiger partial charge < -0.3 is 5.32 Å². The van der Waals surface area contributed by atoms with E-state index in [1.807, 2.05) is 31.2 Å². The Kier molecular flexibility index (Phi) is 4.25. The summed E-state index contributed by atoms with van der Waals surface area (Å²) in [4.78, 5) is 16.6. The van der Waals surface area contributed by atoms with Crippen LogP contribution in [0.25, 0.3) is 6.08 Å². The number of aliphatic imine (C=N–C) groups is 1. The maximum atomic E-state index is 13.7. The predicted octanol–water partition coefficient (Wildman–Crippen LogP) is 4.16. The molecule has 1 amide bonds. The van der Waals surface area contributed by atoms with Crippen molar-refractivity contribution in [1.29, 1.82) is 0 Å². The maximum Gasteiger partial charge on any atom is 0.264 e. The van der Waals surface area contributed by atoms with E-state index in [4.69, 9.17) is 0 Å². The van der Waals surface area contributed by atoms with Gasteiger partial charge in [0.25, 0.3) is 5.91 Å². The zero-order valence-corrected chi connectivity index (χ0v) is 13.0. The number of carbonyl (C=O) groups excluding carboxylic acids is 1. The smallest absolute Gasteiger partial charge is 0.264 e. The van der Waals surface area contributed by atoms with Gasteiger partial charge in [0, 0.05) is 5.56 Å². The molecule has 6 heteroatoms. The van der Waals surface area contributed by atoms with Gasteiger partial charge in [-0.15, -0.1) is 0 Å². The summed E-state index contributed by atoms with van der Waals surface area (Å²) in [7, 11) is 0. The molecule has 0 aliphatic carbocycles. The van der Waals surface area contributed by atoms with Crippen LogP contribution in [0.15, 0.2) is 52.4 Å². The van der Waals surface area contributed by atoms with E-state index < -0.39 is 11.6 Å². The zero-order chi connectivity index (χ0) is 16.4. The van der Waals surface area contributed by atoms with Crippen molar-refractivity contribution in [2.75, 3.05) is 0 Å². The Morgan fingerprint density at radius 3 is 2.74 bits per heavy atom. The Hall–Kier alpha value is -2.47. The number of nitrogens with zero attached hydrogens (tertiary/aromatic N) is 1. The Bertz CT molecular complexity index is 846. The minimum atomic E-state index is -0.975. The average Bonchev–Trinajstić information content (AvgIpc) is 2.83. The number of amides is 1. The molecule has 2 aromatic rings. The summed E-state index contributed by atoms with van der Waals surface area (Å²) in [5.74, 6) is -2.31. The maximum absolute atomic E-state index is 13.7. The second-order valence-corrected chi connectivity index (χ2v) is 5.99. The fourth-order valence-electron chi connectivity index (χ4n) is 2.07. The van der Waals surface area contributed by atoms with E-state index in [1.54, 1.807) is 0 Å². The largest absolute Gasteiger partial charge is 0.300 e. The zero-order valence-electron chi connectivity index (χ0n) is 12.1. The molecule has 2 aromatic carbocycles. The lowest BCUT2D eigenvalue weighted by molar-refractivity contribution is -0.115. The van der Waals surface area contributed by atoms with Crippen LogP contribution in [0.3, 0.4) is 0 Å². The summed E-state index contributed by atoms with van der Waals surface area (Å²) in [6, 6.07) is 11.4. The van der Waals surface area contributed by atoms with E-state index >= 15 is 0 Å². The van der Waals surface area contributed by atoms with Crippen LogP contribution in [0.5, 0.6) is 0 Å². The molecule has 23 heavy (non-hydrogen) atoms. The first kappa shape index (κ1) is 15.4. The van der Waals surface area contributed by atoms with Gasteiger partial charge >= 0.3 is 0 Å². The van der Waals surface area contributed by atoms with Gasteiger partial charge in [-0.05, 0) is 48.5 Å². The third-order valence-electron chi connectivity index (χ3n) is 3.15. The fraction of sp³-hybridized carbons (Fsp3) is 0.0588. The summed E-state index contributed by atoms with van der Waals surface area (Å²) < 4.78 is 26.9.